The van der Waals surface area contributed by atoms with Gasteiger partial charge in [0.15, 0.2) is 0 Å². The normalized spacial score (nSPS) is 11.8. The van der Waals surface area contributed by atoms with E-state index in [4.69, 9.17) is 5.73 Å². The Labute approximate surface area is 108 Å². The number of hydrogen-bond acceptors (Lipinski definition) is 3. The maximum absolute atomic E-state index is 11.7. The Bertz CT molecular complexity index is 447. The molecule has 0 unspecified atom stereocenters. The molecule has 0 atom stereocenters. The molecule has 4 heteroatoms. The van der Waals surface area contributed by atoms with Crippen LogP contribution in [-0.4, -0.2) is 17.4 Å². The third kappa shape index (κ3) is 4.82. The van der Waals surface area contributed by atoms with Gasteiger partial charge < -0.3 is 11.1 Å². The SMILES string of the molecule is CC/C=C(C)/C=C/CNC(=O)c1ccc(N)nc1. The van der Waals surface area contributed by atoms with Gasteiger partial charge in [-0.05, 0) is 25.5 Å². The van der Waals surface area contributed by atoms with Gasteiger partial charge in [0.1, 0.15) is 5.82 Å². The molecule has 1 aromatic heterocycles. The smallest absolute Gasteiger partial charge is 0.253 e. The van der Waals surface area contributed by atoms with Crippen LogP contribution in [0.1, 0.15) is 30.6 Å². The van der Waals surface area contributed by atoms with Gasteiger partial charge in [-0.1, -0.05) is 30.7 Å². The van der Waals surface area contributed by atoms with Crippen molar-refractivity contribution in [3.8, 4) is 0 Å². The van der Waals surface area contributed by atoms with E-state index < -0.39 is 0 Å². The molecular formula is C14H19N3O. The van der Waals surface area contributed by atoms with Crippen LogP contribution in [0, 0.1) is 0 Å². The number of carbonyl (C=O) groups is 1. The minimum Gasteiger partial charge on any atom is -0.384 e. The standard InChI is InChI=1S/C14H19N3O/c1-3-5-11(2)6-4-9-16-14(18)12-7-8-13(15)17-10-12/h4-8,10H,3,9H2,1-2H3,(H2,15,17)(H,16,18)/b6-4+,11-5+. The fourth-order valence-electron chi connectivity index (χ4n) is 1.43. The molecule has 0 aliphatic heterocycles. The van der Waals surface area contributed by atoms with Gasteiger partial charge in [-0.25, -0.2) is 4.98 Å². The second kappa shape index (κ2) is 7.27. The number of rotatable bonds is 5. The molecule has 0 fully saturated rings. The summed E-state index contributed by atoms with van der Waals surface area (Å²) < 4.78 is 0. The average molecular weight is 245 g/mol. The summed E-state index contributed by atoms with van der Waals surface area (Å²) in [6.45, 7) is 4.62. The lowest BCUT2D eigenvalue weighted by Gasteiger charge is -2.02. The highest BCUT2D eigenvalue weighted by molar-refractivity contribution is 5.94. The van der Waals surface area contributed by atoms with Crippen LogP contribution in [0.3, 0.4) is 0 Å². The van der Waals surface area contributed by atoms with E-state index in [2.05, 4.69) is 23.3 Å². The van der Waals surface area contributed by atoms with E-state index in [9.17, 15) is 4.79 Å². The molecule has 1 heterocycles. The third-order valence-corrected chi connectivity index (χ3v) is 2.34. The second-order valence-electron chi connectivity index (χ2n) is 3.94. The fraction of sp³-hybridized carbons (Fsp3) is 0.286. The highest BCUT2D eigenvalue weighted by atomic mass is 16.1. The molecule has 0 bridgehead atoms. The number of amides is 1. The third-order valence-electron chi connectivity index (χ3n) is 2.34. The molecule has 0 saturated carbocycles. The highest BCUT2D eigenvalue weighted by Crippen LogP contribution is 2.01. The van der Waals surface area contributed by atoms with Crippen LogP contribution in [0.5, 0.6) is 0 Å². The van der Waals surface area contributed by atoms with Crippen molar-refractivity contribution in [2.75, 3.05) is 12.3 Å². The Kier molecular flexibility index (Phi) is 5.64. The zero-order valence-electron chi connectivity index (χ0n) is 10.8. The Morgan fingerprint density at radius 3 is 2.89 bits per heavy atom. The van der Waals surface area contributed by atoms with E-state index in [1.54, 1.807) is 12.1 Å². The first-order chi connectivity index (χ1) is 8.63. The van der Waals surface area contributed by atoms with Crippen LogP contribution < -0.4 is 11.1 Å². The van der Waals surface area contributed by atoms with Gasteiger partial charge in [0, 0.05) is 12.7 Å². The van der Waals surface area contributed by atoms with E-state index in [0.29, 0.717) is 17.9 Å². The Hall–Kier alpha value is -2.10. The molecule has 0 aromatic carbocycles. The summed E-state index contributed by atoms with van der Waals surface area (Å²) in [6, 6.07) is 3.27. The summed E-state index contributed by atoms with van der Waals surface area (Å²) in [5.41, 5.74) is 7.16. The van der Waals surface area contributed by atoms with Crippen LogP contribution in [0.25, 0.3) is 0 Å². The number of pyridine rings is 1. The summed E-state index contributed by atoms with van der Waals surface area (Å²) in [6.07, 6.45) is 8.52. The first kappa shape index (κ1) is 14.0. The molecule has 0 radical (unpaired) electrons. The van der Waals surface area contributed by atoms with Crippen LogP contribution in [-0.2, 0) is 0 Å². The summed E-state index contributed by atoms with van der Waals surface area (Å²) in [7, 11) is 0. The average Bonchev–Trinajstić information content (AvgIpc) is 2.35. The molecule has 3 N–H and O–H groups in total. The number of hydrogen-bond donors (Lipinski definition) is 2. The van der Waals surface area contributed by atoms with Gasteiger partial charge in [-0.15, -0.1) is 0 Å². The minimum atomic E-state index is -0.149. The Morgan fingerprint density at radius 1 is 1.50 bits per heavy atom. The predicted molar refractivity (Wildman–Crippen MR) is 74.2 cm³/mol. The Morgan fingerprint density at radius 2 is 2.28 bits per heavy atom. The van der Waals surface area contributed by atoms with E-state index in [1.165, 1.54) is 11.8 Å². The van der Waals surface area contributed by atoms with Crippen molar-refractivity contribution in [1.29, 1.82) is 0 Å². The molecular weight excluding hydrogens is 226 g/mol. The molecule has 0 aliphatic rings. The van der Waals surface area contributed by atoms with Gasteiger partial charge in [-0.2, -0.15) is 0 Å². The number of nitrogen functional groups attached to an aromatic ring is 1. The van der Waals surface area contributed by atoms with E-state index in [1.807, 2.05) is 19.1 Å². The lowest BCUT2D eigenvalue weighted by atomic mass is 10.2. The van der Waals surface area contributed by atoms with Crippen molar-refractivity contribution in [2.24, 2.45) is 0 Å². The summed E-state index contributed by atoms with van der Waals surface area (Å²) in [4.78, 5) is 15.6. The Balaban J connectivity index is 2.42. The molecule has 4 nitrogen and oxygen atoms in total. The van der Waals surface area contributed by atoms with Crippen LogP contribution >= 0.6 is 0 Å². The van der Waals surface area contributed by atoms with Gasteiger partial charge in [0.25, 0.3) is 5.91 Å². The fourth-order valence-corrected chi connectivity index (χ4v) is 1.43. The van der Waals surface area contributed by atoms with E-state index >= 15 is 0 Å². The predicted octanol–water partition coefficient (Wildman–Crippen LogP) is 2.31. The topological polar surface area (TPSA) is 68.0 Å². The number of allylic oxidation sites excluding steroid dienone is 3. The van der Waals surface area contributed by atoms with Crippen molar-refractivity contribution in [2.45, 2.75) is 20.3 Å². The summed E-state index contributed by atoms with van der Waals surface area (Å²) in [5.74, 6) is 0.260. The van der Waals surface area contributed by atoms with Gasteiger partial charge in [0.05, 0.1) is 5.56 Å². The largest absolute Gasteiger partial charge is 0.384 e. The van der Waals surface area contributed by atoms with E-state index in [0.717, 1.165) is 6.42 Å². The lowest BCUT2D eigenvalue weighted by molar-refractivity contribution is 0.0957. The lowest BCUT2D eigenvalue weighted by Crippen LogP contribution is -2.23. The summed E-state index contributed by atoms with van der Waals surface area (Å²) >= 11 is 0. The van der Waals surface area contributed by atoms with Gasteiger partial charge in [0.2, 0.25) is 0 Å². The first-order valence-electron chi connectivity index (χ1n) is 5.96. The molecule has 0 saturated heterocycles. The first-order valence-corrected chi connectivity index (χ1v) is 5.96. The minimum absolute atomic E-state index is 0.149. The quantitative estimate of drug-likeness (QED) is 0.782. The maximum Gasteiger partial charge on any atom is 0.253 e. The second-order valence-corrected chi connectivity index (χ2v) is 3.94. The van der Waals surface area contributed by atoms with Crippen LogP contribution in [0.2, 0.25) is 0 Å². The molecule has 1 amide bonds. The number of nitrogens with two attached hydrogens (primary N) is 1. The van der Waals surface area contributed by atoms with E-state index in [-0.39, 0.29) is 5.91 Å². The number of carbonyl (C=O) groups excluding carboxylic acids is 1. The van der Waals surface area contributed by atoms with Crippen molar-refractivity contribution in [3.05, 3.63) is 47.7 Å². The van der Waals surface area contributed by atoms with Crippen molar-refractivity contribution >= 4 is 11.7 Å². The maximum atomic E-state index is 11.7. The van der Waals surface area contributed by atoms with Crippen LogP contribution in [0.15, 0.2) is 42.1 Å². The van der Waals surface area contributed by atoms with Crippen molar-refractivity contribution < 1.29 is 4.79 Å². The molecule has 1 rings (SSSR count). The zero-order chi connectivity index (χ0) is 13.4. The number of aromatic nitrogens is 1. The van der Waals surface area contributed by atoms with Gasteiger partial charge >= 0.3 is 0 Å². The van der Waals surface area contributed by atoms with Crippen molar-refractivity contribution in [1.82, 2.24) is 10.3 Å². The molecule has 0 aliphatic carbocycles. The monoisotopic (exact) mass is 245 g/mol. The molecule has 0 spiro atoms. The zero-order valence-corrected chi connectivity index (χ0v) is 10.8. The van der Waals surface area contributed by atoms with Crippen LogP contribution in [0.4, 0.5) is 5.82 Å². The summed E-state index contributed by atoms with van der Waals surface area (Å²) in [5, 5.41) is 2.78. The number of nitrogens with one attached hydrogen (secondary N) is 1. The highest BCUT2D eigenvalue weighted by Gasteiger charge is 2.03. The molecule has 96 valence electrons. The number of nitrogens with zero attached hydrogens (tertiary/aromatic N) is 1. The molecule has 1 aromatic rings. The van der Waals surface area contributed by atoms with Crippen molar-refractivity contribution in [3.63, 3.8) is 0 Å². The van der Waals surface area contributed by atoms with Gasteiger partial charge in [-0.3, -0.25) is 4.79 Å². The number of anilines is 1. The molecule has 18 heavy (non-hydrogen) atoms.